The Morgan fingerprint density at radius 1 is 1.28 bits per heavy atom. The highest BCUT2D eigenvalue weighted by Gasteiger charge is 2.49. The van der Waals surface area contributed by atoms with Gasteiger partial charge in [-0.3, -0.25) is 9.59 Å². The van der Waals surface area contributed by atoms with Crippen molar-refractivity contribution in [2.75, 3.05) is 18.6 Å². The van der Waals surface area contributed by atoms with E-state index < -0.39 is 41.1 Å². The minimum atomic E-state index is -4.67. The largest absolute Gasteiger partial charge is 0.481 e. The van der Waals surface area contributed by atoms with Gasteiger partial charge in [0.1, 0.15) is 5.82 Å². The topological polar surface area (TPSA) is 92.6 Å². The number of aliphatic carboxylic acids is 1. The van der Waals surface area contributed by atoms with Gasteiger partial charge in [-0.2, -0.15) is 18.2 Å². The first-order valence-corrected chi connectivity index (χ1v) is 9.76. The summed E-state index contributed by atoms with van der Waals surface area (Å²) in [5.41, 5.74) is -1.56. The number of Topliss-reactive ketones (excluding diaryl/α,β-unsaturated/α-hetero) is 1. The Kier molecular flexibility index (Phi) is 6.38. The molecule has 0 amide bonds. The van der Waals surface area contributed by atoms with Gasteiger partial charge in [0, 0.05) is 12.5 Å². The smallest absolute Gasteiger partial charge is 0.416 e. The van der Waals surface area contributed by atoms with Gasteiger partial charge in [0.25, 0.3) is 0 Å². The average Bonchev–Trinajstić information content (AvgIpc) is 3.52. The molecule has 32 heavy (non-hydrogen) atoms. The van der Waals surface area contributed by atoms with Crippen molar-refractivity contribution in [3.63, 3.8) is 0 Å². The Bertz CT molecular complexity index is 1040. The minimum Gasteiger partial charge on any atom is -0.481 e. The number of aromatic nitrogens is 2. The molecular formula is C21H21F4N3O4. The number of carbonyl (C=O) groups excluding carboxylic acids is 1. The fraction of sp³-hybridized carbons (Fsp3) is 0.429. The lowest BCUT2D eigenvalue weighted by molar-refractivity contribution is -0.139. The van der Waals surface area contributed by atoms with Crippen LogP contribution in [0.3, 0.4) is 0 Å². The quantitative estimate of drug-likeness (QED) is 0.468. The zero-order valence-corrected chi connectivity index (χ0v) is 17.5. The number of ether oxygens (including phenoxy) is 1. The number of anilines is 2. The van der Waals surface area contributed by atoms with Crippen LogP contribution in [0.15, 0.2) is 24.4 Å². The number of alkyl halides is 3. The summed E-state index contributed by atoms with van der Waals surface area (Å²) >= 11 is 0. The number of nitrogens with zero attached hydrogens (tertiary/aromatic N) is 3. The predicted molar refractivity (Wildman–Crippen MR) is 105 cm³/mol. The van der Waals surface area contributed by atoms with E-state index in [2.05, 4.69) is 9.97 Å². The first-order valence-electron chi connectivity index (χ1n) is 9.76. The third-order valence-corrected chi connectivity index (χ3v) is 4.99. The molecule has 172 valence electrons. The number of carboxylic acid groups (broad SMARTS) is 1. The van der Waals surface area contributed by atoms with Crippen molar-refractivity contribution in [3.8, 4) is 5.88 Å². The van der Waals surface area contributed by atoms with E-state index in [0.717, 1.165) is 12.3 Å². The molecule has 0 aliphatic heterocycles. The number of hydrogen-bond acceptors (Lipinski definition) is 6. The molecule has 0 spiro atoms. The van der Waals surface area contributed by atoms with Gasteiger partial charge in [-0.15, -0.1) is 0 Å². The molecule has 1 heterocycles. The maximum atomic E-state index is 14.6. The van der Waals surface area contributed by atoms with Crippen molar-refractivity contribution in [1.82, 2.24) is 9.97 Å². The standard InChI is InChI=1S/C21H21F4N3O4/c1-10(2)9-28(15-6-11(21(23,24)25)4-5-14(15)22)16-8-26-17(19(27-16)32-3)18(29)12-7-13(12)20(30)31/h4-6,8,10,12-13H,7,9H2,1-3H3,(H,30,31)/t12-,13-/m0/s1. The molecule has 1 aliphatic carbocycles. The third kappa shape index (κ3) is 4.81. The molecular weight excluding hydrogens is 434 g/mol. The van der Waals surface area contributed by atoms with Crippen molar-refractivity contribution < 1.29 is 37.0 Å². The van der Waals surface area contributed by atoms with Crippen LogP contribution in [-0.4, -0.2) is 40.5 Å². The number of ketones is 1. The molecule has 1 fully saturated rings. The SMILES string of the molecule is COc1nc(N(CC(C)C)c2cc(C(F)(F)F)ccc2F)cnc1C(=O)[C@H]1C[C@@H]1C(=O)O. The van der Waals surface area contributed by atoms with Crippen molar-refractivity contribution in [2.24, 2.45) is 17.8 Å². The number of rotatable bonds is 8. The van der Waals surface area contributed by atoms with E-state index >= 15 is 0 Å². The van der Waals surface area contributed by atoms with Gasteiger partial charge in [-0.05, 0) is 30.5 Å². The molecule has 7 nitrogen and oxygen atoms in total. The normalized spacial score (nSPS) is 17.9. The van der Waals surface area contributed by atoms with Gasteiger partial charge < -0.3 is 14.7 Å². The van der Waals surface area contributed by atoms with E-state index in [-0.39, 0.29) is 42.0 Å². The van der Waals surface area contributed by atoms with Gasteiger partial charge in [-0.1, -0.05) is 13.8 Å². The van der Waals surface area contributed by atoms with Crippen molar-refractivity contribution >= 4 is 23.3 Å². The molecule has 1 saturated carbocycles. The first-order chi connectivity index (χ1) is 14.9. The van der Waals surface area contributed by atoms with Crippen LogP contribution in [0.25, 0.3) is 0 Å². The highest BCUT2D eigenvalue weighted by Crippen LogP contribution is 2.42. The monoisotopic (exact) mass is 455 g/mol. The number of carboxylic acids is 1. The van der Waals surface area contributed by atoms with Crippen LogP contribution >= 0.6 is 0 Å². The number of methoxy groups -OCH3 is 1. The molecule has 1 N–H and O–H groups in total. The Hall–Kier alpha value is -3.24. The number of carbonyl (C=O) groups is 2. The Morgan fingerprint density at radius 2 is 1.97 bits per heavy atom. The Balaban J connectivity index is 2.02. The summed E-state index contributed by atoms with van der Waals surface area (Å²) in [6.45, 7) is 3.69. The van der Waals surface area contributed by atoms with Crippen LogP contribution < -0.4 is 9.64 Å². The minimum absolute atomic E-state index is 0.0177. The maximum absolute atomic E-state index is 14.6. The molecule has 2 aromatic rings. The van der Waals surface area contributed by atoms with Crippen LogP contribution in [0, 0.1) is 23.6 Å². The summed E-state index contributed by atoms with van der Waals surface area (Å²) in [6, 6.07) is 2.06. The average molecular weight is 455 g/mol. The van der Waals surface area contributed by atoms with Gasteiger partial charge in [0.15, 0.2) is 17.3 Å². The molecule has 1 aromatic carbocycles. The van der Waals surface area contributed by atoms with Crippen LogP contribution in [0.1, 0.15) is 36.3 Å². The van der Waals surface area contributed by atoms with E-state index in [1.807, 2.05) is 0 Å². The molecule has 11 heteroatoms. The van der Waals surface area contributed by atoms with Crippen LogP contribution in [0.4, 0.5) is 29.1 Å². The summed E-state index contributed by atoms with van der Waals surface area (Å²) in [5, 5.41) is 9.04. The summed E-state index contributed by atoms with van der Waals surface area (Å²) in [6.07, 6.45) is -3.36. The lowest BCUT2D eigenvalue weighted by atomic mass is 10.1. The summed E-state index contributed by atoms with van der Waals surface area (Å²) in [7, 11) is 1.23. The predicted octanol–water partition coefficient (Wildman–Crippen LogP) is 4.34. The van der Waals surface area contributed by atoms with Gasteiger partial charge in [-0.25, -0.2) is 9.37 Å². The Morgan fingerprint density at radius 3 is 2.50 bits per heavy atom. The molecule has 0 unspecified atom stereocenters. The zero-order valence-electron chi connectivity index (χ0n) is 17.5. The van der Waals surface area contributed by atoms with Crippen LogP contribution in [-0.2, 0) is 11.0 Å². The number of hydrogen-bond donors (Lipinski definition) is 1. The number of halogens is 4. The first kappa shape index (κ1) is 23.4. The second-order valence-corrected chi connectivity index (χ2v) is 7.91. The molecule has 3 rings (SSSR count). The molecule has 1 aromatic heterocycles. The van der Waals surface area contributed by atoms with Crippen molar-refractivity contribution in [3.05, 3.63) is 41.5 Å². The second-order valence-electron chi connectivity index (χ2n) is 7.91. The van der Waals surface area contributed by atoms with Crippen LogP contribution in [0.2, 0.25) is 0 Å². The molecule has 2 atom stereocenters. The van der Waals surface area contributed by atoms with E-state index in [1.54, 1.807) is 13.8 Å². The fourth-order valence-electron chi connectivity index (χ4n) is 3.31. The highest BCUT2D eigenvalue weighted by molar-refractivity contribution is 6.02. The van der Waals surface area contributed by atoms with Crippen LogP contribution in [0.5, 0.6) is 5.88 Å². The van der Waals surface area contributed by atoms with Crippen molar-refractivity contribution in [2.45, 2.75) is 26.4 Å². The second kappa shape index (κ2) is 8.71. The van der Waals surface area contributed by atoms with Gasteiger partial charge in [0.05, 0.1) is 30.5 Å². The summed E-state index contributed by atoms with van der Waals surface area (Å²) < 4.78 is 59.3. The molecule has 0 radical (unpaired) electrons. The molecule has 0 bridgehead atoms. The van der Waals surface area contributed by atoms with Crippen molar-refractivity contribution in [1.29, 1.82) is 0 Å². The van der Waals surface area contributed by atoms with E-state index in [9.17, 15) is 27.2 Å². The third-order valence-electron chi connectivity index (χ3n) is 4.99. The zero-order chi connectivity index (χ0) is 23.8. The Labute approximate surface area is 181 Å². The van der Waals surface area contributed by atoms with Gasteiger partial charge in [0.2, 0.25) is 5.88 Å². The maximum Gasteiger partial charge on any atom is 0.416 e. The lowest BCUT2D eigenvalue weighted by Crippen LogP contribution is -2.26. The fourth-order valence-corrected chi connectivity index (χ4v) is 3.31. The van der Waals surface area contributed by atoms with E-state index in [4.69, 9.17) is 9.84 Å². The number of benzene rings is 1. The molecule has 0 saturated heterocycles. The summed E-state index contributed by atoms with van der Waals surface area (Å²) in [4.78, 5) is 33.1. The highest BCUT2D eigenvalue weighted by atomic mass is 19.4. The summed E-state index contributed by atoms with van der Waals surface area (Å²) in [5.74, 6) is -4.40. The molecule has 1 aliphatic rings. The van der Waals surface area contributed by atoms with Gasteiger partial charge >= 0.3 is 12.1 Å². The lowest BCUT2D eigenvalue weighted by Gasteiger charge is -2.27. The van der Waals surface area contributed by atoms with E-state index in [0.29, 0.717) is 12.1 Å². The van der Waals surface area contributed by atoms with E-state index in [1.165, 1.54) is 12.0 Å².